The van der Waals surface area contributed by atoms with Gasteiger partial charge in [-0.2, -0.15) is 0 Å². The van der Waals surface area contributed by atoms with Crippen LogP contribution < -0.4 is 9.64 Å². The van der Waals surface area contributed by atoms with Crippen LogP contribution in [0.1, 0.15) is 30.5 Å². The second-order valence-corrected chi connectivity index (χ2v) is 8.61. The first-order valence-electron chi connectivity index (χ1n) is 9.21. The molecule has 0 saturated carbocycles. The molecule has 1 aliphatic heterocycles. The lowest BCUT2D eigenvalue weighted by atomic mass is 10.1. The molecule has 1 aromatic carbocycles. The van der Waals surface area contributed by atoms with Crippen molar-refractivity contribution in [3.63, 3.8) is 0 Å². The molecule has 4 rings (SSSR count). The first kappa shape index (κ1) is 18.6. The number of imidazole rings is 1. The number of nitrogens with zero attached hydrogens (tertiary/aromatic N) is 3. The predicted molar refractivity (Wildman–Crippen MR) is 115 cm³/mol. The van der Waals surface area contributed by atoms with E-state index in [1.165, 1.54) is 30.5 Å². The lowest BCUT2D eigenvalue weighted by Crippen LogP contribution is -2.30. The number of fused-ring (bicyclic) bond motifs is 1. The number of ether oxygens (including phenoxy) is 1. The second-order valence-electron chi connectivity index (χ2n) is 6.79. The van der Waals surface area contributed by atoms with Gasteiger partial charge in [0.15, 0.2) is 5.16 Å². The van der Waals surface area contributed by atoms with E-state index >= 15 is 0 Å². The third-order valence-corrected chi connectivity index (χ3v) is 6.50. The van der Waals surface area contributed by atoms with Crippen molar-refractivity contribution in [2.45, 2.75) is 37.1 Å². The summed E-state index contributed by atoms with van der Waals surface area (Å²) in [6, 6.07) is 5.90. The minimum Gasteiger partial charge on any atom is -0.497 e. The number of thioether (sulfide) groups is 1. The Balaban J connectivity index is 1.54. The molecule has 3 aromatic rings. The van der Waals surface area contributed by atoms with Gasteiger partial charge in [0.1, 0.15) is 5.75 Å². The SMILES string of the molecule is COc1ccc2[nH]c(SCc3ncc(Br)c(N4CCCCC4)c3C)nc2c1. The van der Waals surface area contributed by atoms with Crippen molar-refractivity contribution >= 4 is 44.4 Å². The van der Waals surface area contributed by atoms with Crippen LogP contribution >= 0.6 is 27.7 Å². The second kappa shape index (κ2) is 8.10. The fourth-order valence-electron chi connectivity index (χ4n) is 3.55. The van der Waals surface area contributed by atoms with Crippen molar-refractivity contribution in [1.82, 2.24) is 15.0 Å². The predicted octanol–water partition coefficient (Wildman–Crippen LogP) is 5.32. The lowest BCUT2D eigenvalue weighted by Gasteiger charge is -2.31. The van der Waals surface area contributed by atoms with Gasteiger partial charge in [0, 0.05) is 31.1 Å². The van der Waals surface area contributed by atoms with Gasteiger partial charge in [-0.05, 0) is 59.8 Å². The Morgan fingerprint density at radius 2 is 2.07 bits per heavy atom. The van der Waals surface area contributed by atoms with Gasteiger partial charge in [-0.25, -0.2) is 4.98 Å². The quantitative estimate of drug-likeness (QED) is 0.537. The largest absolute Gasteiger partial charge is 0.497 e. The third-order valence-electron chi connectivity index (χ3n) is 5.03. The molecule has 0 bridgehead atoms. The maximum Gasteiger partial charge on any atom is 0.166 e. The molecule has 0 aliphatic carbocycles. The van der Waals surface area contributed by atoms with Crippen molar-refractivity contribution < 1.29 is 4.74 Å². The number of pyridine rings is 1. The monoisotopic (exact) mass is 446 g/mol. The number of anilines is 1. The molecule has 5 nitrogen and oxygen atoms in total. The lowest BCUT2D eigenvalue weighted by molar-refractivity contribution is 0.415. The molecule has 142 valence electrons. The molecule has 3 heterocycles. The number of piperidine rings is 1. The summed E-state index contributed by atoms with van der Waals surface area (Å²) in [5.41, 5.74) is 5.62. The summed E-state index contributed by atoms with van der Waals surface area (Å²) in [4.78, 5) is 15.2. The highest BCUT2D eigenvalue weighted by atomic mass is 79.9. The number of aromatic amines is 1. The van der Waals surface area contributed by atoms with Gasteiger partial charge in [0.25, 0.3) is 0 Å². The zero-order valence-electron chi connectivity index (χ0n) is 15.6. The molecule has 1 aliphatic rings. The molecule has 1 fully saturated rings. The van der Waals surface area contributed by atoms with Crippen molar-refractivity contribution in [2.24, 2.45) is 0 Å². The topological polar surface area (TPSA) is 54.0 Å². The fourth-order valence-corrected chi connectivity index (χ4v) is 5.11. The number of rotatable bonds is 5. The number of hydrogen-bond donors (Lipinski definition) is 1. The van der Waals surface area contributed by atoms with Crippen LogP contribution in [-0.4, -0.2) is 35.2 Å². The van der Waals surface area contributed by atoms with Gasteiger partial charge >= 0.3 is 0 Å². The van der Waals surface area contributed by atoms with Crippen LogP contribution in [0.15, 0.2) is 34.0 Å². The van der Waals surface area contributed by atoms with Crippen LogP contribution in [0.25, 0.3) is 11.0 Å². The molecule has 0 radical (unpaired) electrons. The van der Waals surface area contributed by atoms with E-state index in [0.717, 1.165) is 50.9 Å². The first-order valence-corrected chi connectivity index (χ1v) is 11.0. The Kier molecular flexibility index (Phi) is 5.59. The van der Waals surface area contributed by atoms with Crippen molar-refractivity contribution in [3.8, 4) is 5.75 Å². The summed E-state index contributed by atoms with van der Waals surface area (Å²) in [7, 11) is 1.67. The van der Waals surface area contributed by atoms with E-state index in [4.69, 9.17) is 4.74 Å². The van der Waals surface area contributed by atoms with Crippen LogP contribution in [0, 0.1) is 6.92 Å². The molecule has 2 aromatic heterocycles. The Morgan fingerprint density at radius 1 is 1.26 bits per heavy atom. The van der Waals surface area contributed by atoms with Gasteiger partial charge in [-0.1, -0.05) is 11.8 Å². The first-order chi connectivity index (χ1) is 13.2. The number of benzene rings is 1. The number of H-pyrrole nitrogens is 1. The number of nitrogens with one attached hydrogen (secondary N) is 1. The Hall–Kier alpha value is -1.73. The van der Waals surface area contributed by atoms with E-state index in [1.54, 1.807) is 18.9 Å². The van der Waals surface area contributed by atoms with Gasteiger partial charge in [-0.3, -0.25) is 4.98 Å². The maximum absolute atomic E-state index is 5.28. The smallest absolute Gasteiger partial charge is 0.166 e. The highest BCUT2D eigenvalue weighted by molar-refractivity contribution is 9.10. The molecule has 7 heteroatoms. The molecular formula is C20H23BrN4OS. The normalized spacial score (nSPS) is 14.7. The van der Waals surface area contributed by atoms with Crippen LogP contribution in [0.5, 0.6) is 5.75 Å². The van der Waals surface area contributed by atoms with Crippen LogP contribution in [0.3, 0.4) is 0 Å². The average Bonchev–Trinajstić information content (AvgIpc) is 3.10. The van der Waals surface area contributed by atoms with E-state index in [1.807, 2.05) is 24.4 Å². The number of halogens is 1. The van der Waals surface area contributed by atoms with Crippen molar-refractivity contribution in [1.29, 1.82) is 0 Å². The van der Waals surface area contributed by atoms with E-state index in [-0.39, 0.29) is 0 Å². The Labute approximate surface area is 172 Å². The van der Waals surface area contributed by atoms with Crippen molar-refractivity contribution in [2.75, 3.05) is 25.1 Å². The number of aromatic nitrogens is 3. The summed E-state index contributed by atoms with van der Waals surface area (Å²) in [6.45, 7) is 4.43. The molecule has 1 N–H and O–H groups in total. The van der Waals surface area contributed by atoms with Gasteiger partial charge in [-0.15, -0.1) is 0 Å². The van der Waals surface area contributed by atoms with Crippen molar-refractivity contribution in [3.05, 3.63) is 40.1 Å². The molecule has 27 heavy (non-hydrogen) atoms. The Morgan fingerprint density at radius 3 is 2.85 bits per heavy atom. The van der Waals surface area contributed by atoms with E-state index in [2.05, 4.69) is 42.7 Å². The van der Waals surface area contributed by atoms with Gasteiger partial charge in [0.2, 0.25) is 0 Å². The standard InChI is InChI=1S/C20H23BrN4OS/c1-13-18(22-11-15(21)19(13)25-8-4-3-5-9-25)12-27-20-23-16-7-6-14(26-2)10-17(16)24-20/h6-7,10-11H,3-5,8-9,12H2,1-2H3,(H,23,24). The molecule has 0 atom stereocenters. The molecular weight excluding hydrogens is 424 g/mol. The summed E-state index contributed by atoms with van der Waals surface area (Å²) >= 11 is 5.39. The summed E-state index contributed by atoms with van der Waals surface area (Å²) in [5, 5.41) is 0.905. The highest BCUT2D eigenvalue weighted by Crippen LogP contribution is 2.35. The summed E-state index contributed by atoms with van der Waals surface area (Å²) < 4.78 is 6.37. The van der Waals surface area contributed by atoms with E-state index in [9.17, 15) is 0 Å². The van der Waals surface area contributed by atoms with Gasteiger partial charge in [0.05, 0.1) is 34.0 Å². The van der Waals surface area contributed by atoms with Gasteiger partial charge < -0.3 is 14.6 Å². The van der Waals surface area contributed by atoms with E-state index < -0.39 is 0 Å². The molecule has 0 amide bonds. The zero-order valence-corrected chi connectivity index (χ0v) is 18.0. The number of hydrogen-bond acceptors (Lipinski definition) is 5. The number of methoxy groups -OCH3 is 1. The average molecular weight is 447 g/mol. The van der Waals surface area contributed by atoms with Crippen LogP contribution in [-0.2, 0) is 5.75 Å². The minimum atomic E-state index is 0.789. The summed E-state index contributed by atoms with van der Waals surface area (Å²) in [5.74, 6) is 1.61. The molecule has 0 unspecified atom stereocenters. The van der Waals surface area contributed by atoms with Crippen LogP contribution in [0.4, 0.5) is 5.69 Å². The van der Waals surface area contributed by atoms with E-state index in [0.29, 0.717) is 0 Å². The maximum atomic E-state index is 5.28. The Bertz CT molecular complexity index is 953. The van der Waals surface area contributed by atoms with Crippen LogP contribution in [0.2, 0.25) is 0 Å². The minimum absolute atomic E-state index is 0.789. The third kappa shape index (κ3) is 3.94. The fraction of sp³-hybridized carbons (Fsp3) is 0.400. The molecule has 1 saturated heterocycles. The zero-order chi connectivity index (χ0) is 18.8. The summed E-state index contributed by atoms with van der Waals surface area (Å²) in [6.07, 6.45) is 5.80. The highest BCUT2D eigenvalue weighted by Gasteiger charge is 2.19. The molecule has 0 spiro atoms.